The van der Waals surface area contributed by atoms with Crippen molar-refractivity contribution in [3.8, 4) is 0 Å². The molecule has 2 unspecified atom stereocenters. The summed E-state index contributed by atoms with van der Waals surface area (Å²) in [5.74, 6) is 1.52. The summed E-state index contributed by atoms with van der Waals surface area (Å²) in [6.45, 7) is 6.71. The zero-order valence-corrected chi connectivity index (χ0v) is 11.9. The minimum atomic E-state index is -0.588. The van der Waals surface area contributed by atoms with Gasteiger partial charge in [-0.15, -0.1) is 0 Å². The van der Waals surface area contributed by atoms with E-state index in [1.54, 1.807) is 0 Å². The van der Waals surface area contributed by atoms with Crippen molar-refractivity contribution in [1.29, 1.82) is 0 Å². The molecule has 0 amide bonds. The lowest BCUT2D eigenvalue weighted by Gasteiger charge is -2.28. The van der Waals surface area contributed by atoms with Gasteiger partial charge in [-0.2, -0.15) is 0 Å². The SMILES string of the molecule is Cc1cccc(C2(O)CCCC(C(C)C)CC2)c1. The molecule has 0 saturated heterocycles. The topological polar surface area (TPSA) is 20.2 Å². The molecule has 1 heteroatoms. The molecule has 1 aliphatic rings. The van der Waals surface area contributed by atoms with Gasteiger partial charge in [-0.25, -0.2) is 0 Å². The van der Waals surface area contributed by atoms with E-state index in [1.165, 1.54) is 12.0 Å². The first-order valence-electron chi connectivity index (χ1n) is 7.31. The second-order valence-corrected chi connectivity index (χ2v) is 6.34. The van der Waals surface area contributed by atoms with Crippen molar-refractivity contribution in [2.75, 3.05) is 0 Å². The third-order valence-electron chi connectivity index (χ3n) is 4.59. The van der Waals surface area contributed by atoms with Crippen LogP contribution in [0.3, 0.4) is 0 Å². The van der Waals surface area contributed by atoms with E-state index in [-0.39, 0.29) is 0 Å². The van der Waals surface area contributed by atoms with E-state index >= 15 is 0 Å². The fourth-order valence-electron chi connectivity index (χ4n) is 3.24. The Morgan fingerprint density at radius 2 is 2.00 bits per heavy atom. The molecule has 1 nitrogen and oxygen atoms in total. The van der Waals surface area contributed by atoms with Gasteiger partial charge in [-0.05, 0) is 50.0 Å². The second kappa shape index (κ2) is 5.44. The van der Waals surface area contributed by atoms with Crippen LogP contribution in [-0.4, -0.2) is 5.11 Å². The Morgan fingerprint density at radius 3 is 2.67 bits per heavy atom. The Balaban J connectivity index is 2.16. The first-order valence-corrected chi connectivity index (χ1v) is 7.31. The van der Waals surface area contributed by atoms with Gasteiger partial charge >= 0.3 is 0 Å². The van der Waals surface area contributed by atoms with Crippen molar-refractivity contribution in [1.82, 2.24) is 0 Å². The highest BCUT2D eigenvalue weighted by Crippen LogP contribution is 2.39. The highest BCUT2D eigenvalue weighted by atomic mass is 16.3. The highest BCUT2D eigenvalue weighted by Gasteiger charge is 2.33. The van der Waals surface area contributed by atoms with Crippen molar-refractivity contribution in [3.63, 3.8) is 0 Å². The van der Waals surface area contributed by atoms with Crippen LogP contribution in [0.5, 0.6) is 0 Å². The van der Waals surface area contributed by atoms with Gasteiger partial charge < -0.3 is 5.11 Å². The summed E-state index contributed by atoms with van der Waals surface area (Å²) < 4.78 is 0. The lowest BCUT2D eigenvalue weighted by Crippen LogP contribution is -2.25. The summed E-state index contributed by atoms with van der Waals surface area (Å²) in [7, 11) is 0. The molecule has 0 radical (unpaired) electrons. The number of rotatable bonds is 2. The monoisotopic (exact) mass is 246 g/mol. The zero-order valence-electron chi connectivity index (χ0n) is 11.9. The molecule has 2 rings (SSSR count). The van der Waals surface area contributed by atoms with Crippen LogP contribution in [-0.2, 0) is 5.60 Å². The predicted octanol–water partition coefficient (Wildman–Crippen LogP) is 4.42. The van der Waals surface area contributed by atoms with Gasteiger partial charge in [0.2, 0.25) is 0 Å². The molecule has 1 aromatic carbocycles. The Hall–Kier alpha value is -0.820. The molecule has 0 aliphatic heterocycles. The molecule has 0 aromatic heterocycles. The summed E-state index contributed by atoms with van der Waals surface area (Å²) in [4.78, 5) is 0. The molecule has 18 heavy (non-hydrogen) atoms. The Bertz CT molecular complexity index is 396. The van der Waals surface area contributed by atoms with Gasteiger partial charge in [0, 0.05) is 0 Å². The van der Waals surface area contributed by atoms with Crippen LogP contribution in [0.4, 0.5) is 0 Å². The summed E-state index contributed by atoms with van der Waals surface area (Å²) in [5.41, 5.74) is 1.77. The van der Waals surface area contributed by atoms with E-state index in [4.69, 9.17) is 0 Å². The quantitative estimate of drug-likeness (QED) is 0.766. The van der Waals surface area contributed by atoms with Crippen LogP contribution >= 0.6 is 0 Å². The first kappa shape index (κ1) is 13.6. The molecule has 1 N–H and O–H groups in total. The average molecular weight is 246 g/mol. The van der Waals surface area contributed by atoms with E-state index < -0.39 is 5.60 Å². The molecule has 0 bridgehead atoms. The molecule has 1 fully saturated rings. The van der Waals surface area contributed by atoms with Crippen LogP contribution in [0.1, 0.15) is 57.1 Å². The first-order chi connectivity index (χ1) is 8.51. The van der Waals surface area contributed by atoms with Gasteiger partial charge in [-0.3, -0.25) is 0 Å². The van der Waals surface area contributed by atoms with Crippen molar-refractivity contribution in [2.45, 2.75) is 58.5 Å². The Labute approximate surface area is 111 Å². The highest BCUT2D eigenvalue weighted by molar-refractivity contribution is 5.27. The number of aliphatic hydroxyl groups is 1. The summed E-state index contributed by atoms with van der Waals surface area (Å²) in [6, 6.07) is 8.40. The third kappa shape index (κ3) is 2.95. The molecule has 0 spiro atoms. The minimum Gasteiger partial charge on any atom is -0.385 e. The molecule has 2 atom stereocenters. The summed E-state index contributed by atoms with van der Waals surface area (Å²) >= 11 is 0. The maximum absolute atomic E-state index is 10.9. The molecule has 100 valence electrons. The minimum absolute atomic E-state index is 0.588. The average Bonchev–Trinajstić information content (AvgIpc) is 2.52. The lowest BCUT2D eigenvalue weighted by molar-refractivity contribution is 0.0190. The second-order valence-electron chi connectivity index (χ2n) is 6.34. The van der Waals surface area contributed by atoms with Crippen LogP contribution in [0, 0.1) is 18.8 Å². The molecule has 1 saturated carbocycles. The van der Waals surface area contributed by atoms with Gasteiger partial charge in [0.1, 0.15) is 0 Å². The van der Waals surface area contributed by atoms with Gasteiger partial charge in [0.05, 0.1) is 5.60 Å². The van der Waals surface area contributed by atoms with Crippen molar-refractivity contribution in [2.24, 2.45) is 11.8 Å². The molecule has 0 heterocycles. The largest absolute Gasteiger partial charge is 0.385 e. The van der Waals surface area contributed by atoms with Gasteiger partial charge in [0.15, 0.2) is 0 Å². The molecular formula is C17H26O. The van der Waals surface area contributed by atoms with Crippen LogP contribution in [0.15, 0.2) is 24.3 Å². The maximum atomic E-state index is 10.9. The standard InChI is InChI=1S/C17H26O/c1-13(2)15-7-5-10-17(18,11-9-15)16-8-4-6-14(3)12-16/h4,6,8,12-13,15,18H,5,7,9-11H2,1-3H3. The number of hydrogen-bond acceptors (Lipinski definition) is 1. The van der Waals surface area contributed by atoms with E-state index in [9.17, 15) is 5.11 Å². The van der Waals surface area contributed by atoms with E-state index in [0.717, 1.165) is 43.1 Å². The zero-order chi connectivity index (χ0) is 13.2. The summed E-state index contributed by atoms with van der Waals surface area (Å²) in [6.07, 6.45) is 5.40. The normalized spacial score (nSPS) is 29.3. The summed E-state index contributed by atoms with van der Waals surface area (Å²) in [5, 5.41) is 10.9. The van der Waals surface area contributed by atoms with Crippen LogP contribution in [0.25, 0.3) is 0 Å². The van der Waals surface area contributed by atoms with E-state index in [0.29, 0.717) is 0 Å². The molecular weight excluding hydrogens is 220 g/mol. The Kier molecular flexibility index (Phi) is 4.11. The van der Waals surface area contributed by atoms with Crippen LogP contribution in [0.2, 0.25) is 0 Å². The molecule has 1 aromatic rings. The van der Waals surface area contributed by atoms with Crippen LogP contribution < -0.4 is 0 Å². The number of aryl methyl sites for hydroxylation is 1. The van der Waals surface area contributed by atoms with Gasteiger partial charge in [0.25, 0.3) is 0 Å². The van der Waals surface area contributed by atoms with Crippen molar-refractivity contribution < 1.29 is 5.11 Å². The fourth-order valence-corrected chi connectivity index (χ4v) is 3.24. The predicted molar refractivity (Wildman–Crippen MR) is 76.5 cm³/mol. The lowest BCUT2D eigenvalue weighted by atomic mass is 9.84. The van der Waals surface area contributed by atoms with E-state index in [1.807, 2.05) is 0 Å². The number of benzene rings is 1. The number of hydrogen-bond donors (Lipinski definition) is 1. The van der Waals surface area contributed by atoms with Crippen molar-refractivity contribution >= 4 is 0 Å². The fraction of sp³-hybridized carbons (Fsp3) is 0.647. The van der Waals surface area contributed by atoms with Crippen molar-refractivity contribution in [3.05, 3.63) is 35.4 Å². The molecule has 1 aliphatic carbocycles. The van der Waals surface area contributed by atoms with Gasteiger partial charge in [-0.1, -0.05) is 50.1 Å². The maximum Gasteiger partial charge on any atom is 0.0896 e. The van der Waals surface area contributed by atoms with E-state index in [2.05, 4.69) is 45.0 Å². The smallest absolute Gasteiger partial charge is 0.0896 e. The Morgan fingerprint density at radius 1 is 1.22 bits per heavy atom. The third-order valence-corrected chi connectivity index (χ3v) is 4.59.